The van der Waals surface area contributed by atoms with Crippen LogP contribution in [0.4, 0.5) is 5.13 Å². The van der Waals surface area contributed by atoms with Gasteiger partial charge in [0.25, 0.3) is 0 Å². The van der Waals surface area contributed by atoms with E-state index in [2.05, 4.69) is 15.6 Å². The molecule has 15 heavy (non-hydrogen) atoms. The molecule has 2 amide bonds. The Morgan fingerprint density at radius 1 is 1.40 bits per heavy atom. The molecule has 0 aliphatic heterocycles. The van der Waals surface area contributed by atoms with Crippen LogP contribution in [0.5, 0.6) is 0 Å². The highest BCUT2D eigenvalue weighted by Crippen LogP contribution is 2.13. The third-order valence-electron chi connectivity index (χ3n) is 1.47. The largest absolute Gasteiger partial charge is 0.346 e. The molecule has 0 fully saturated rings. The number of nitrogens with one attached hydrogen (secondary N) is 2. The summed E-state index contributed by atoms with van der Waals surface area (Å²) in [6.07, 6.45) is 0. The fourth-order valence-corrected chi connectivity index (χ4v) is 1.58. The zero-order valence-electron chi connectivity index (χ0n) is 8.83. The lowest BCUT2D eigenvalue weighted by molar-refractivity contribution is -0.136. The number of thiazole rings is 1. The molecule has 0 spiro atoms. The molecule has 0 bridgehead atoms. The van der Waals surface area contributed by atoms with Gasteiger partial charge in [0.05, 0.1) is 5.69 Å². The summed E-state index contributed by atoms with van der Waals surface area (Å²) < 4.78 is 0. The number of hydrogen-bond acceptors (Lipinski definition) is 4. The minimum atomic E-state index is -0.682. The number of aromatic nitrogens is 1. The molecule has 1 heterocycles. The first-order valence-corrected chi connectivity index (χ1v) is 5.41. The molecule has 5 nitrogen and oxygen atoms in total. The normalized spacial score (nSPS) is 10.1. The van der Waals surface area contributed by atoms with Crippen LogP contribution in [0.3, 0.4) is 0 Å². The summed E-state index contributed by atoms with van der Waals surface area (Å²) in [6.45, 7) is 5.40. The predicted octanol–water partition coefficient (Wildman–Crippen LogP) is 0.915. The molecule has 0 unspecified atom stereocenters. The summed E-state index contributed by atoms with van der Waals surface area (Å²) >= 11 is 1.29. The highest BCUT2D eigenvalue weighted by Gasteiger charge is 2.15. The fraction of sp³-hybridized carbons (Fsp3) is 0.444. The molecule has 1 rings (SSSR count). The van der Waals surface area contributed by atoms with Gasteiger partial charge in [0.15, 0.2) is 5.13 Å². The minimum absolute atomic E-state index is 0.0544. The smallest absolute Gasteiger partial charge is 0.315 e. The molecule has 82 valence electrons. The number of anilines is 1. The van der Waals surface area contributed by atoms with Crippen molar-refractivity contribution in [2.75, 3.05) is 5.32 Å². The van der Waals surface area contributed by atoms with Gasteiger partial charge in [0.1, 0.15) is 0 Å². The van der Waals surface area contributed by atoms with Crippen LogP contribution in [-0.2, 0) is 9.59 Å². The second-order valence-corrected chi connectivity index (χ2v) is 4.23. The van der Waals surface area contributed by atoms with Crippen LogP contribution in [0, 0.1) is 6.92 Å². The molecular formula is C9H13N3O2S. The maximum atomic E-state index is 11.3. The Hall–Kier alpha value is -1.43. The fourth-order valence-electron chi connectivity index (χ4n) is 0.893. The molecule has 0 radical (unpaired) electrons. The van der Waals surface area contributed by atoms with E-state index < -0.39 is 11.8 Å². The van der Waals surface area contributed by atoms with Crippen LogP contribution in [0.15, 0.2) is 5.38 Å². The Morgan fingerprint density at radius 2 is 2.07 bits per heavy atom. The number of aryl methyl sites for hydroxylation is 1. The molecular weight excluding hydrogens is 214 g/mol. The number of rotatable bonds is 2. The molecule has 0 saturated carbocycles. The highest BCUT2D eigenvalue weighted by molar-refractivity contribution is 7.14. The summed E-state index contributed by atoms with van der Waals surface area (Å²) in [5, 5.41) is 7.16. The van der Waals surface area contributed by atoms with Crippen molar-refractivity contribution in [3.8, 4) is 0 Å². The van der Waals surface area contributed by atoms with Gasteiger partial charge >= 0.3 is 11.8 Å². The maximum absolute atomic E-state index is 11.3. The Kier molecular flexibility index (Phi) is 3.79. The standard InChI is InChI=1S/C9H13N3O2S/c1-5(2)10-7(13)8(14)12-9-11-6(3)4-15-9/h4-5H,1-3H3,(H,10,13)(H,11,12,14). The van der Waals surface area contributed by atoms with Crippen molar-refractivity contribution in [3.05, 3.63) is 11.1 Å². The van der Waals surface area contributed by atoms with E-state index in [1.807, 2.05) is 6.92 Å². The van der Waals surface area contributed by atoms with Crippen molar-refractivity contribution >= 4 is 28.3 Å². The lowest BCUT2D eigenvalue weighted by Gasteiger charge is -2.06. The van der Waals surface area contributed by atoms with Crippen molar-refractivity contribution in [1.29, 1.82) is 0 Å². The number of carbonyl (C=O) groups is 2. The lowest BCUT2D eigenvalue weighted by Crippen LogP contribution is -2.39. The zero-order valence-corrected chi connectivity index (χ0v) is 9.64. The first kappa shape index (κ1) is 11.6. The Morgan fingerprint density at radius 3 is 2.53 bits per heavy atom. The minimum Gasteiger partial charge on any atom is -0.346 e. The quantitative estimate of drug-likeness (QED) is 0.738. The van der Waals surface area contributed by atoms with Crippen molar-refractivity contribution in [2.24, 2.45) is 0 Å². The van der Waals surface area contributed by atoms with E-state index in [1.54, 1.807) is 19.2 Å². The number of hydrogen-bond donors (Lipinski definition) is 2. The Bertz CT molecular complexity index is 373. The third-order valence-corrected chi connectivity index (χ3v) is 2.34. The van der Waals surface area contributed by atoms with Crippen LogP contribution in [0.2, 0.25) is 0 Å². The van der Waals surface area contributed by atoms with Gasteiger partial charge in [-0.1, -0.05) is 0 Å². The Labute approximate surface area is 91.9 Å². The SMILES string of the molecule is Cc1csc(NC(=O)C(=O)NC(C)C)n1. The molecule has 6 heteroatoms. The predicted molar refractivity (Wildman–Crippen MR) is 58.8 cm³/mol. The summed E-state index contributed by atoms with van der Waals surface area (Å²) in [7, 11) is 0. The number of amides is 2. The number of carbonyl (C=O) groups excluding carboxylic acids is 2. The van der Waals surface area contributed by atoms with Gasteiger partial charge in [-0.15, -0.1) is 11.3 Å². The van der Waals surface area contributed by atoms with Crippen LogP contribution in [-0.4, -0.2) is 22.8 Å². The molecule has 1 aromatic heterocycles. The molecule has 0 aliphatic rings. The third kappa shape index (κ3) is 3.67. The van der Waals surface area contributed by atoms with Gasteiger partial charge in [0.2, 0.25) is 0 Å². The number of nitrogens with zero attached hydrogens (tertiary/aromatic N) is 1. The van der Waals surface area contributed by atoms with Crippen LogP contribution < -0.4 is 10.6 Å². The summed E-state index contributed by atoms with van der Waals surface area (Å²) in [5.41, 5.74) is 0.819. The van der Waals surface area contributed by atoms with Crippen molar-refractivity contribution < 1.29 is 9.59 Å². The van der Waals surface area contributed by atoms with Crippen LogP contribution in [0.1, 0.15) is 19.5 Å². The monoisotopic (exact) mass is 227 g/mol. The van der Waals surface area contributed by atoms with E-state index in [9.17, 15) is 9.59 Å². The van der Waals surface area contributed by atoms with Crippen molar-refractivity contribution in [3.63, 3.8) is 0 Å². The van der Waals surface area contributed by atoms with Gasteiger partial charge in [0, 0.05) is 11.4 Å². The molecule has 0 saturated heterocycles. The van der Waals surface area contributed by atoms with E-state index in [0.717, 1.165) is 5.69 Å². The van der Waals surface area contributed by atoms with E-state index in [1.165, 1.54) is 11.3 Å². The van der Waals surface area contributed by atoms with E-state index >= 15 is 0 Å². The molecule has 0 aromatic carbocycles. The second kappa shape index (κ2) is 4.88. The summed E-state index contributed by atoms with van der Waals surface area (Å²) in [4.78, 5) is 26.5. The lowest BCUT2D eigenvalue weighted by atomic mass is 10.4. The van der Waals surface area contributed by atoms with Crippen molar-refractivity contribution in [1.82, 2.24) is 10.3 Å². The van der Waals surface area contributed by atoms with E-state index in [-0.39, 0.29) is 6.04 Å². The van der Waals surface area contributed by atoms with Crippen molar-refractivity contribution in [2.45, 2.75) is 26.8 Å². The first-order chi connectivity index (χ1) is 6.99. The summed E-state index contributed by atoms with van der Waals surface area (Å²) in [6, 6.07) is -0.0544. The van der Waals surface area contributed by atoms with Crippen LogP contribution >= 0.6 is 11.3 Å². The molecule has 0 aliphatic carbocycles. The van der Waals surface area contributed by atoms with Crippen LogP contribution in [0.25, 0.3) is 0 Å². The maximum Gasteiger partial charge on any atom is 0.315 e. The average molecular weight is 227 g/mol. The summed E-state index contributed by atoms with van der Waals surface area (Å²) in [5.74, 6) is -1.32. The van der Waals surface area contributed by atoms with Gasteiger partial charge in [-0.2, -0.15) is 0 Å². The zero-order chi connectivity index (χ0) is 11.4. The Balaban J connectivity index is 2.52. The second-order valence-electron chi connectivity index (χ2n) is 3.38. The molecule has 0 atom stereocenters. The van der Waals surface area contributed by atoms with Gasteiger partial charge in [-0.3, -0.25) is 14.9 Å². The van der Waals surface area contributed by atoms with Gasteiger partial charge in [-0.05, 0) is 20.8 Å². The van der Waals surface area contributed by atoms with E-state index in [0.29, 0.717) is 5.13 Å². The highest BCUT2D eigenvalue weighted by atomic mass is 32.1. The molecule has 1 aromatic rings. The average Bonchev–Trinajstić information content (AvgIpc) is 2.50. The van der Waals surface area contributed by atoms with Gasteiger partial charge in [-0.25, -0.2) is 4.98 Å². The molecule has 2 N–H and O–H groups in total. The van der Waals surface area contributed by atoms with Gasteiger partial charge < -0.3 is 5.32 Å². The van der Waals surface area contributed by atoms with E-state index in [4.69, 9.17) is 0 Å². The topological polar surface area (TPSA) is 71.1 Å². The first-order valence-electron chi connectivity index (χ1n) is 4.53.